The standard InChI is InChI=1S/C9H7N5O5/c15-9(16)6-1-5(14(17)18)2-10-8(6)11-3-7-12-4-19-13-7/h1-2,4H,3H2,(H,10,11)(H,15,16). The van der Waals surface area contributed by atoms with E-state index in [4.69, 9.17) is 5.11 Å². The van der Waals surface area contributed by atoms with Crippen molar-refractivity contribution in [2.75, 3.05) is 5.32 Å². The van der Waals surface area contributed by atoms with E-state index in [1.807, 2.05) is 0 Å². The van der Waals surface area contributed by atoms with Crippen LogP contribution in [0.25, 0.3) is 0 Å². The van der Waals surface area contributed by atoms with Gasteiger partial charge in [0, 0.05) is 6.07 Å². The van der Waals surface area contributed by atoms with Crippen LogP contribution in [0.3, 0.4) is 0 Å². The van der Waals surface area contributed by atoms with Gasteiger partial charge < -0.3 is 14.9 Å². The molecule has 2 aromatic heterocycles. The van der Waals surface area contributed by atoms with Gasteiger partial charge in [0.15, 0.2) is 5.82 Å². The molecule has 0 aliphatic rings. The first-order valence-corrected chi connectivity index (χ1v) is 4.95. The average molecular weight is 265 g/mol. The second-order valence-electron chi connectivity index (χ2n) is 3.35. The molecule has 0 amide bonds. The Bertz CT molecular complexity index is 611. The number of nitrogens with one attached hydrogen (secondary N) is 1. The largest absolute Gasteiger partial charge is 0.478 e. The van der Waals surface area contributed by atoms with Gasteiger partial charge in [0.25, 0.3) is 5.69 Å². The van der Waals surface area contributed by atoms with Gasteiger partial charge >= 0.3 is 5.97 Å². The van der Waals surface area contributed by atoms with E-state index >= 15 is 0 Å². The lowest BCUT2D eigenvalue weighted by Crippen LogP contribution is -2.09. The fraction of sp³-hybridized carbons (Fsp3) is 0.111. The molecule has 2 rings (SSSR count). The van der Waals surface area contributed by atoms with Gasteiger partial charge in [-0.2, -0.15) is 4.98 Å². The number of aromatic carboxylic acids is 1. The Kier molecular flexibility index (Phi) is 3.32. The molecule has 2 aromatic rings. The number of nitrogens with zero attached hydrogens (tertiary/aromatic N) is 4. The molecule has 0 bridgehead atoms. The van der Waals surface area contributed by atoms with Crippen molar-refractivity contribution in [3.05, 3.63) is 40.2 Å². The van der Waals surface area contributed by atoms with Gasteiger partial charge in [-0.15, -0.1) is 0 Å². The fourth-order valence-electron chi connectivity index (χ4n) is 1.29. The number of carboxylic acids is 1. The number of carboxylic acid groups (broad SMARTS) is 1. The molecule has 0 unspecified atom stereocenters. The Labute approximate surface area is 105 Å². The van der Waals surface area contributed by atoms with Gasteiger partial charge in [-0.1, -0.05) is 5.16 Å². The van der Waals surface area contributed by atoms with Crippen LogP contribution in [-0.2, 0) is 6.54 Å². The van der Waals surface area contributed by atoms with Crippen LogP contribution < -0.4 is 5.32 Å². The lowest BCUT2D eigenvalue weighted by atomic mass is 10.2. The maximum atomic E-state index is 11.0. The molecule has 10 heteroatoms. The van der Waals surface area contributed by atoms with Crippen molar-refractivity contribution in [3.8, 4) is 0 Å². The Morgan fingerprint density at radius 3 is 2.89 bits per heavy atom. The molecular weight excluding hydrogens is 258 g/mol. The number of hydrogen-bond donors (Lipinski definition) is 2. The molecule has 2 N–H and O–H groups in total. The summed E-state index contributed by atoms with van der Waals surface area (Å²) in [6.45, 7) is 0.0849. The highest BCUT2D eigenvalue weighted by atomic mass is 16.6. The van der Waals surface area contributed by atoms with Crippen LogP contribution in [0.1, 0.15) is 16.2 Å². The van der Waals surface area contributed by atoms with E-state index in [-0.39, 0.29) is 17.9 Å². The smallest absolute Gasteiger partial charge is 0.339 e. The van der Waals surface area contributed by atoms with Crippen molar-refractivity contribution >= 4 is 17.5 Å². The van der Waals surface area contributed by atoms with E-state index in [2.05, 4.69) is 25.0 Å². The van der Waals surface area contributed by atoms with E-state index in [9.17, 15) is 14.9 Å². The van der Waals surface area contributed by atoms with Crippen molar-refractivity contribution in [2.45, 2.75) is 6.54 Å². The van der Waals surface area contributed by atoms with Crippen LogP contribution >= 0.6 is 0 Å². The first-order valence-electron chi connectivity index (χ1n) is 4.95. The molecule has 0 atom stereocenters. The van der Waals surface area contributed by atoms with E-state index < -0.39 is 16.6 Å². The van der Waals surface area contributed by atoms with Crippen LogP contribution in [0.5, 0.6) is 0 Å². The number of pyridine rings is 1. The van der Waals surface area contributed by atoms with Gasteiger partial charge in [-0.05, 0) is 0 Å². The lowest BCUT2D eigenvalue weighted by Gasteiger charge is -2.05. The normalized spacial score (nSPS) is 10.1. The molecule has 0 saturated heterocycles. The van der Waals surface area contributed by atoms with Crippen LogP contribution in [0, 0.1) is 10.1 Å². The fourth-order valence-corrected chi connectivity index (χ4v) is 1.29. The van der Waals surface area contributed by atoms with Crippen LogP contribution in [0.4, 0.5) is 11.5 Å². The molecule has 10 nitrogen and oxygen atoms in total. The zero-order chi connectivity index (χ0) is 13.8. The predicted molar refractivity (Wildman–Crippen MR) is 59.5 cm³/mol. The number of aromatic nitrogens is 3. The molecule has 19 heavy (non-hydrogen) atoms. The summed E-state index contributed by atoms with van der Waals surface area (Å²) in [6, 6.07) is 0.924. The monoisotopic (exact) mass is 265 g/mol. The van der Waals surface area contributed by atoms with Crippen LogP contribution in [0.2, 0.25) is 0 Å². The molecule has 0 fully saturated rings. The first kappa shape index (κ1) is 12.4. The van der Waals surface area contributed by atoms with E-state index in [1.165, 1.54) is 0 Å². The molecule has 0 saturated carbocycles. The Hall–Kier alpha value is -3.04. The van der Waals surface area contributed by atoms with Crippen molar-refractivity contribution < 1.29 is 19.3 Å². The third-order valence-corrected chi connectivity index (χ3v) is 2.14. The first-order chi connectivity index (χ1) is 9.08. The Morgan fingerprint density at radius 1 is 1.53 bits per heavy atom. The number of rotatable bonds is 5. The van der Waals surface area contributed by atoms with Gasteiger partial charge in [0.2, 0.25) is 6.39 Å². The molecule has 2 heterocycles. The summed E-state index contributed by atoms with van der Waals surface area (Å²) in [5.41, 5.74) is -0.708. The SMILES string of the molecule is O=C(O)c1cc([N+](=O)[O-])cnc1NCc1ncon1. The summed E-state index contributed by atoms with van der Waals surface area (Å²) in [5, 5.41) is 25.7. The third kappa shape index (κ3) is 2.80. The van der Waals surface area contributed by atoms with Crippen molar-refractivity contribution in [1.29, 1.82) is 0 Å². The topological polar surface area (TPSA) is 144 Å². The number of nitro groups is 1. The average Bonchev–Trinajstić information content (AvgIpc) is 2.89. The third-order valence-electron chi connectivity index (χ3n) is 2.14. The second kappa shape index (κ2) is 5.08. The summed E-state index contributed by atoms with van der Waals surface area (Å²) in [6.07, 6.45) is 2.09. The van der Waals surface area contributed by atoms with Crippen molar-refractivity contribution in [1.82, 2.24) is 15.1 Å². The summed E-state index contributed by atoms with van der Waals surface area (Å²) >= 11 is 0. The van der Waals surface area contributed by atoms with E-state index in [1.54, 1.807) is 0 Å². The van der Waals surface area contributed by atoms with Crippen molar-refractivity contribution in [2.24, 2.45) is 0 Å². The van der Waals surface area contributed by atoms with E-state index in [0.29, 0.717) is 5.82 Å². The lowest BCUT2D eigenvalue weighted by molar-refractivity contribution is -0.385. The van der Waals surface area contributed by atoms with Gasteiger partial charge in [-0.3, -0.25) is 10.1 Å². The van der Waals surface area contributed by atoms with Gasteiger partial charge in [0.05, 0.1) is 11.5 Å². The quantitative estimate of drug-likeness (QED) is 0.588. The van der Waals surface area contributed by atoms with Crippen LogP contribution in [0.15, 0.2) is 23.2 Å². The molecule has 0 aliphatic carbocycles. The minimum absolute atomic E-state index is 0.0112. The molecular formula is C9H7N5O5. The maximum absolute atomic E-state index is 11.0. The van der Waals surface area contributed by atoms with E-state index in [0.717, 1.165) is 18.7 Å². The summed E-state index contributed by atoms with van der Waals surface area (Å²) in [5.74, 6) is -1.04. The summed E-state index contributed by atoms with van der Waals surface area (Å²) in [7, 11) is 0. The minimum atomic E-state index is -1.33. The Morgan fingerprint density at radius 2 is 2.32 bits per heavy atom. The van der Waals surface area contributed by atoms with Crippen molar-refractivity contribution in [3.63, 3.8) is 0 Å². The Balaban J connectivity index is 2.24. The zero-order valence-corrected chi connectivity index (χ0v) is 9.31. The number of carbonyl (C=O) groups is 1. The molecule has 0 aliphatic heterocycles. The van der Waals surface area contributed by atoms with Gasteiger partial charge in [0.1, 0.15) is 17.6 Å². The minimum Gasteiger partial charge on any atom is -0.478 e. The summed E-state index contributed by atoms with van der Waals surface area (Å²) < 4.78 is 4.50. The molecule has 0 spiro atoms. The highest BCUT2D eigenvalue weighted by molar-refractivity contribution is 5.93. The second-order valence-corrected chi connectivity index (χ2v) is 3.35. The highest BCUT2D eigenvalue weighted by Crippen LogP contribution is 2.19. The maximum Gasteiger partial charge on any atom is 0.339 e. The highest BCUT2D eigenvalue weighted by Gasteiger charge is 2.17. The summed E-state index contributed by atoms with van der Waals surface area (Å²) in [4.78, 5) is 28.3. The van der Waals surface area contributed by atoms with Crippen LogP contribution in [-0.4, -0.2) is 31.1 Å². The number of anilines is 1. The number of hydrogen-bond acceptors (Lipinski definition) is 8. The molecule has 98 valence electrons. The predicted octanol–water partition coefficient (Wildman–Crippen LogP) is 0.683. The zero-order valence-electron chi connectivity index (χ0n) is 9.31. The van der Waals surface area contributed by atoms with Gasteiger partial charge in [-0.25, -0.2) is 9.78 Å². The molecule has 0 aromatic carbocycles. The molecule has 0 radical (unpaired) electrons.